The van der Waals surface area contributed by atoms with E-state index >= 15 is 0 Å². The number of hydrogen-bond donors (Lipinski definition) is 2. The maximum atomic E-state index is 11.3. The van der Waals surface area contributed by atoms with Crippen molar-refractivity contribution in [1.29, 1.82) is 0 Å². The summed E-state index contributed by atoms with van der Waals surface area (Å²) in [6, 6.07) is 7.01. The van der Waals surface area contributed by atoms with Gasteiger partial charge in [-0.15, -0.1) is 0 Å². The standard InChI is InChI=1S/C12H16ClNO3/c1-17-7-6-12(16)14-8-11(15)9-4-2-3-5-10(9)13/h2-5,11,15H,6-8H2,1H3,(H,14,16). The number of carbonyl (C=O) groups is 1. The lowest BCUT2D eigenvalue weighted by Crippen LogP contribution is -2.29. The van der Waals surface area contributed by atoms with Gasteiger partial charge in [-0.25, -0.2) is 0 Å². The number of ether oxygens (including phenoxy) is 1. The van der Waals surface area contributed by atoms with Crippen LogP contribution < -0.4 is 5.32 Å². The quantitative estimate of drug-likeness (QED) is 0.813. The van der Waals surface area contributed by atoms with Gasteiger partial charge >= 0.3 is 0 Å². The van der Waals surface area contributed by atoms with Crippen LogP contribution in [0.1, 0.15) is 18.1 Å². The Balaban J connectivity index is 2.42. The first-order valence-electron chi connectivity index (χ1n) is 5.33. The van der Waals surface area contributed by atoms with Crippen molar-refractivity contribution >= 4 is 17.5 Å². The summed E-state index contributed by atoms with van der Waals surface area (Å²) < 4.78 is 4.78. The summed E-state index contributed by atoms with van der Waals surface area (Å²) in [4.78, 5) is 11.3. The highest BCUT2D eigenvalue weighted by Gasteiger charge is 2.11. The van der Waals surface area contributed by atoms with Crippen molar-refractivity contribution in [3.05, 3.63) is 34.9 Å². The van der Waals surface area contributed by atoms with Gasteiger partial charge in [0.1, 0.15) is 0 Å². The third-order valence-electron chi connectivity index (χ3n) is 2.29. The van der Waals surface area contributed by atoms with Crippen LogP contribution in [0, 0.1) is 0 Å². The minimum atomic E-state index is -0.796. The van der Waals surface area contributed by atoms with E-state index in [0.717, 1.165) is 0 Å². The zero-order valence-electron chi connectivity index (χ0n) is 9.65. The van der Waals surface area contributed by atoms with Gasteiger partial charge in [0.25, 0.3) is 0 Å². The van der Waals surface area contributed by atoms with E-state index in [2.05, 4.69) is 5.32 Å². The lowest BCUT2D eigenvalue weighted by atomic mass is 10.1. The highest BCUT2D eigenvalue weighted by molar-refractivity contribution is 6.31. The fourth-order valence-electron chi connectivity index (χ4n) is 1.35. The monoisotopic (exact) mass is 257 g/mol. The Labute approximate surface area is 106 Å². The zero-order valence-corrected chi connectivity index (χ0v) is 10.4. The number of methoxy groups -OCH3 is 1. The number of aliphatic hydroxyl groups is 1. The van der Waals surface area contributed by atoms with Crippen LogP contribution >= 0.6 is 11.6 Å². The second kappa shape index (κ2) is 7.27. The Morgan fingerprint density at radius 1 is 1.53 bits per heavy atom. The number of aliphatic hydroxyl groups excluding tert-OH is 1. The summed E-state index contributed by atoms with van der Waals surface area (Å²) in [7, 11) is 1.53. The molecular weight excluding hydrogens is 242 g/mol. The molecule has 94 valence electrons. The minimum Gasteiger partial charge on any atom is -0.387 e. The summed E-state index contributed by atoms with van der Waals surface area (Å²) in [5.41, 5.74) is 0.612. The van der Waals surface area contributed by atoms with Crippen LogP contribution in [0.4, 0.5) is 0 Å². The lowest BCUT2D eigenvalue weighted by molar-refractivity contribution is -0.122. The Bertz CT molecular complexity index is 371. The van der Waals surface area contributed by atoms with Crippen molar-refractivity contribution in [3.63, 3.8) is 0 Å². The van der Waals surface area contributed by atoms with Gasteiger partial charge in [0, 0.05) is 30.7 Å². The van der Waals surface area contributed by atoms with Gasteiger partial charge in [-0.3, -0.25) is 4.79 Å². The van der Waals surface area contributed by atoms with E-state index < -0.39 is 6.10 Å². The van der Waals surface area contributed by atoms with Gasteiger partial charge in [0.05, 0.1) is 12.7 Å². The topological polar surface area (TPSA) is 58.6 Å². The molecule has 0 bridgehead atoms. The lowest BCUT2D eigenvalue weighted by Gasteiger charge is -2.13. The fourth-order valence-corrected chi connectivity index (χ4v) is 1.61. The van der Waals surface area contributed by atoms with Crippen molar-refractivity contribution in [2.75, 3.05) is 20.3 Å². The molecular formula is C12H16ClNO3. The molecule has 0 aliphatic rings. The van der Waals surface area contributed by atoms with E-state index in [1.54, 1.807) is 24.3 Å². The average molecular weight is 258 g/mol. The van der Waals surface area contributed by atoms with Crippen LogP contribution in [0.25, 0.3) is 0 Å². The van der Waals surface area contributed by atoms with Gasteiger partial charge in [0.2, 0.25) is 5.91 Å². The van der Waals surface area contributed by atoms with E-state index in [1.807, 2.05) is 0 Å². The number of hydrogen-bond acceptors (Lipinski definition) is 3. The second-order valence-electron chi connectivity index (χ2n) is 3.58. The molecule has 1 amide bonds. The number of amides is 1. The average Bonchev–Trinajstić information content (AvgIpc) is 2.34. The third kappa shape index (κ3) is 4.73. The maximum absolute atomic E-state index is 11.3. The summed E-state index contributed by atoms with van der Waals surface area (Å²) in [6.07, 6.45) is -0.513. The molecule has 0 fully saturated rings. The minimum absolute atomic E-state index is 0.145. The highest BCUT2D eigenvalue weighted by Crippen LogP contribution is 2.21. The van der Waals surface area contributed by atoms with Gasteiger partial charge in [-0.2, -0.15) is 0 Å². The van der Waals surface area contributed by atoms with Crippen LogP contribution in [-0.2, 0) is 9.53 Å². The van der Waals surface area contributed by atoms with E-state index in [-0.39, 0.29) is 18.9 Å². The molecule has 0 spiro atoms. The van der Waals surface area contributed by atoms with Crippen molar-refractivity contribution in [3.8, 4) is 0 Å². The summed E-state index contributed by atoms with van der Waals surface area (Å²) >= 11 is 5.93. The molecule has 4 nitrogen and oxygen atoms in total. The van der Waals surface area contributed by atoms with Crippen LogP contribution in [0.2, 0.25) is 5.02 Å². The normalized spacial score (nSPS) is 12.2. The van der Waals surface area contributed by atoms with Crippen molar-refractivity contribution in [1.82, 2.24) is 5.32 Å². The molecule has 1 aromatic carbocycles. The summed E-state index contributed by atoms with van der Waals surface area (Å²) in [6.45, 7) is 0.514. The Hall–Kier alpha value is -1.10. The Morgan fingerprint density at radius 2 is 2.24 bits per heavy atom. The summed E-state index contributed by atoms with van der Waals surface area (Å²) in [5.74, 6) is -0.155. The maximum Gasteiger partial charge on any atom is 0.222 e. The molecule has 0 aliphatic heterocycles. The smallest absolute Gasteiger partial charge is 0.222 e. The predicted octanol–water partition coefficient (Wildman–Crippen LogP) is 1.53. The number of halogens is 1. The first-order valence-corrected chi connectivity index (χ1v) is 5.71. The van der Waals surface area contributed by atoms with Crippen molar-refractivity contribution in [2.24, 2.45) is 0 Å². The summed E-state index contributed by atoms with van der Waals surface area (Å²) in [5, 5.41) is 13.0. The van der Waals surface area contributed by atoms with Gasteiger partial charge in [-0.05, 0) is 6.07 Å². The molecule has 0 saturated heterocycles. The predicted molar refractivity (Wildman–Crippen MR) is 65.9 cm³/mol. The second-order valence-corrected chi connectivity index (χ2v) is 3.99. The van der Waals surface area contributed by atoms with Gasteiger partial charge in [-0.1, -0.05) is 29.8 Å². The van der Waals surface area contributed by atoms with Crippen LogP contribution in [0.5, 0.6) is 0 Å². The van der Waals surface area contributed by atoms with E-state index in [0.29, 0.717) is 17.2 Å². The Kier molecular flexibility index (Phi) is 5.97. The molecule has 1 aromatic rings. The van der Waals surface area contributed by atoms with Crippen molar-refractivity contribution in [2.45, 2.75) is 12.5 Å². The van der Waals surface area contributed by atoms with Gasteiger partial charge < -0.3 is 15.2 Å². The largest absolute Gasteiger partial charge is 0.387 e. The molecule has 1 rings (SSSR count). The van der Waals surface area contributed by atoms with Crippen molar-refractivity contribution < 1.29 is 14.6 Å². The molecule has 0 aromatic heterocycles. The number of nitrogens with one attached hydrogen (secondary N) is 1. The molecule has 0 saturated carbocycles. The Morgan fingerprint density at radius 3 is 2.88 bits per heavy atom. The number of carbonyl (C=O) groups excluding carboxylic acids is 1. The fraction of sp³-hybridized carbons (Fsp3) is 0.417. The van der Waals surface area contributed by atoms with Crippen LogP contribution in [0.15, 0.2) is 24.3 Å². The molecule has 17 heavy (non-hydrogen) atoms. The molecule has 0 aliphatic carbocycles. The number of rotatable bonds is 6. The highest BCUT2D eigenvalue weighted by atomic mass is 35.5. The van der Waals surface area contributed by atoms with E-state index in [1.165, 1.54) is 7.11 Å². The van der Waals surface area contributed by atoms with Crippen LogP contribution in [-0.4, -0.2) is 31.3 Å². The molecule has 1 unspecified atom stereocenters. The molecule has 0 radical (unpaired) electrons. The van der Waals surface area contributed by atoms with Crippen LogP contribution in [0.3, 0.4) is 0 Å². The molecule has 2 N–H and O–H groups in total. The SMILES string of the molecule is COCCC(=O)NCC(O)c1ccccc1Cl. The van der Waals surface area contributed by atoms with Gasteiger partial charge in [0.15, 0.2) is 0 Å². The van der Waals surface area contributed by atoms with E-state index in [9.17, 15) is 9.90 Å². The molecule has 1 atom stereocenters. The number of benzene rings is 1. The van der Waals surface area contributed by atoms with E-state index in [4.69, 9.17) is 16.3 Å². The third-order valence-corrected chi connectivity index (χ3v) is 2.63. The zero-order chi connectivity index (χ0) is 12.7. The first kappa shape index (κ1) is 14.0. The molecule has 5 heteroatoms. The first-order chi connectivity index (χ1) is 8.15. The molecule has 0 heterocycles.